The van der Waals surface area contributed by atoms with Gasteiger partial charge in [0, 0.05) is 40.9 Å². The number of hydrogen-bond acceptors (Lipinski definition) is 6. The van der Waals surface area contributed by atoms with E-state index in [0.29, 0.717) is 11.3 Å². The highest BCUT2D eigenvalue weighted by Crippen LogP contribution is 2.26. The summed E-state index contributed by atoms with van der Waals surface area (Å²) in [5.41, 5.74) is 6.33. The van der Waals surface area contributed by atoms with E-state index in [1.54, 1.807) is 18.3 Å². The predicted molar refractivity (Wildman–Crippen MR) is 155 cm³/mol. The first-order valence-corrected chi connectivity index (χ1v) is 14.2. The third-order valence-corrected chi connectivity index (χ3v) is 7.31. The average Bonchev–Trinajstić information content (AvgIpc) is 3.54. The second-order valence-electron chi connectivity index (χ2n) is 9.69. The number of carbonyl (C=O) groups is 1. The first-order valence-electron chi connectivity index (χ1n) is 12.7. The summed E-state index contributed by atoms with van der Waals surface area (Å²) in [6.45, 7) is 5.47. The van der Waals surface area contributed by atoms with Gasteiger partial charge in [0.15, 0.2) is 0 Å². The van der Waals surface area contributed by atoms with Crippen molar-refractivity contribution in [1.82, 2.24) is 25.3 Å². The lowest BCUT2D eigenvalue weighted by atomic mass is 10.1. The summed E-state index contributed by atoms with van der Waals surface area (Å²) < 4.78 is 42.6. The van der Waals surface area contributed by atoms with Crippen molar-refractivity contribution in [2.75, 3.05) is 18.9 Å². The van der Waals surface area contributed by atoms with Gasteiger partial charge in [-0.05, 0) is 87.5 Å². The molecule has 214 valence electrons. The van der Waals surface area contributed by atoms with Crippen LogP contribution in [0.1, 0.15) is 32.9 Å². The molecular formula is C29H31FN6O4S. The van der Waals surface area contributed by atoms with Crippen LogP contribution in [0.15, 0.2) is 77.8 Å². The summed E-state index contributed by atoms with van der Waals surface area (Å²) >= 11 is 0. The van der Waals surface area contributed by atoms with Gasteiger partial charge in [0.25, 0.3) is 16.0 Å². The Labute approximate surface area is 237 Å². The molecule has 1 amide bonds. The molecule has 0 saturated heterocycles. The van der Waals surface area contributed by atoms with Gasteiger partial charge in [-0.1, -0.05) is 17.7 Å². The van der Waals surface area contributed by atoms with Crippen LogP contribution in [0.2, 0.25) is 0 Å². The number of fused-ring (bicyclic) bond motifs is 1. The monoisotopic (exact) mass is 578 g/mol. The number of aromatic amines is 2. The van der Waals surface area contributed by atoms with Gasteiger partial charge in [0.05, 0.1) is 16.8 Å². The Morgan fingerprint density at radius 2 is 1.76 bits per heavy atom. The van der Waals surface area contributed by atoms with Gasteiger partial charge in [-0.3, -0.25) is 9.35 Å². The second-order valence-corrected chi connectivity index (χ2v) is 11.1. The SMILES string of the molecule is Cc1[nH]c2ccc(NC(=O)c3ccc(F)cc3)cc2c1CCN(C)Cc1cn[nH]n1.Cc1ccc(S(=O)(=O)O)cc1. The quantitative estimate of drug-likeness (QED) is 0.192. The standard InChI is InChI=1S/C22H23FN6O.C7H8O3S/c1-14-19(9-10-29(2)13-18-12-24-28-27-18)20-11-17(7-8-21(20)25-14)26-22(30)15-3-5-16(23)6-4-15;1-6-2-4-7(5-3-6)11(8,9)10/h3-8,11-12,25H,9-10,13H2,1-2H3,(H,26,30)(H,24,27,28);2-5H,1H3,(H,8,9,10). The fourth-order valence-electron chi connectivity index (χ4n) is 4.26. The molecular weight excluding hydrogens is 547 g/mol. The van der Waals surface area contributed by atoms with Gasteiger partial charge in [-0.15, -0.1) is 0 Å². The molecule has 0 aliphatic heterocycles. The van der Waals surface area contributed by atoms with Crippen molar-refractivity contribution in [3.05, 3.63) is 107 Å². The molecule has 0 spiro atoms. The summed E-state index contributed by atoms with van der Waals surface area (Å²) in [4.78, 5) is 18.0. The van der Waals surface area contributed by atoms with Gasteiger partial charge in [-0.2, -0.15) is 23.8 Å². The van der Waals surface area contributed by atoms with Crippen LogP contribution in [0, 0.1) is 19.7 Å². The molecule has 0 atom stereocenters. The summed E-state index contributed by atoms with van der Waals surface area (Å²) in [6, 6.07) is 17.3. The smallest absolute Gasteiger partial charge is 0.294 e. The van der Waals surface area contributed by atoms with Crippen LogP contribution in [0.5, 0.6) is 0 Å². The van der Waals surface area contributed by atoms with Crippen LogP contribution in [-0.4, -0.2) is 57.8 Å². The van der Waals surface area contributed by atoms with Crippen molar-refractivity contribution in [2.45, 2.75) is 31.7 Å². The molecule has 41 heavy (non-hydrogen) atoms. The van der Waals surface area contributed by atoms with Crippen LogP contribution >= 0.6 is 0 Å². The van der Waals surface area contributed by atoms with Crippen molar-refractivity contribution in [3.63, 3.8) is 0 Å². The highest BCUT2D eigenvalue weighted by Gasteiger charge is 2.13. The van der Waals surface area contributed by atoms with Crippen molar-refractivity contribution in [2.24, 2.45) is 0 Å². The summed E-state index contributed by atoms with van der Waals surface area (Å²) in [7, 11) is -1.97. The van der Waals surface area contributed by atoms with E-state index in [0.717, 1.165) is 47.4 Å². The number of aromatic nitrogens is 4. The second kappa shape index (κ2) is 12.9. The summed E-state index contributed by atoms with van der Waals surface area (Å²) in [5.74, 6) is -0.635. The molecule has 0 fully saturated rings. The number of H-pyrrole nitrogens is 2. The molecule has 5 rings (SSSR count). The number of nitrogens with one attached hydrogen (secondary N) is 3. The van der Waals surface area contributed by atoms with Crippen LogP contribution < -0.4 is 5.32 Å². The topological polar surface area (TPSA) is 144 Å². The van der Waals surface area contributed by atoms with Crippen LogP contribution in [0.3, 0.4) is 0 Å². The number of benzene rings is 3. The summed E-state index contributed by atoms with van der Waals surface area (Å²) in [6.07, 6.45) is 2.58. The number of hydrogen-bond donors (Lipinski definition) is 4. The van der Waals surface area contributed by atoms with E-state index in [1.807, 2.05) is 32.2 Å². The molecule has 2 heterocycles. The first-order chi connectivity index (χ1) is 19.5. The minimum absolute atomic E-state index is 0.0666. The molecule has 0 saturated carbocycles. The third-order valence-electron chi connectivity index (χ3n) is 6.44. The molecule has 2 aromatic heterocycles. The van der Waals surface area contributed by atoms with E-state index >= 15 is 0 Å². The van der Waals surface area contributed by atoms with E-state index in [2.05, 4.69) is 37.5 Å². The lowest BCUT2D eigenvalue weighted by Gasteiger charge is -2.15. The Morgan fingerprint density at radius 1 is 1.05 bits per heavy atom. The number of amides is 1. The van der Waals surface area contributed by atoms with Crippen molar-refractivity contribution in [1.29, 1.82) is 0 Å². The zero-order valence-electron chi connectivity index (χ0n) is 22.8. The molecule has 10 nitrogen and oxygen atoms in total. The number of aryl methyl sites for hydroxylation is 2. The van der Waals surface area contributed by atoms with Gasteiger partial charge in [0.1, 0.15) is 5.82 Å². The lowest BCUT2D eigenvalue weighted by Crippen LogP contribution is -2.21. The first kappa shape index (κ1) is 29.6. The van der Waals surface area contributed by atoms with Crippen molar-refractivity contribution in [3.8, 4) is 0 Å². The lowest BCUT2D eigenvalue weighted by molar-refractivity contribution is 0.102. The molecule has 4 N–H and O–H groups in total. The highest BCUT2D eigenvalue weighted by atomic mass is 32.2. The number of anilines is 1. The molecule has 0 radical (unpaired) electrons. The largest absolute Gasteiger partial charge is 0.358 e. The zero-order chi connectivity index (χ0) is 29.6. The maximum atomic E-state index is 13.1. The van der Waals surface area contributed by atoms with Crippen LogP contribution in [0.4, 0.5) is 10.1 Å². The Morgan fingerprint density at radius 3 is 2.39 bits per heavy atom. The van der Waals surface area contributed by atoms with Gasteiger partial charge in [0.2, 0.25) is 0 Å². The fraction of sp³-hybridized carbons (Fsp3) is 0.207. The maximum Gasteiger partial charge on any atom is 0.294 e. The Kier molecular flexibility index (Phi) is 9.28. The molecule has 0 bridgehead atoms. The van der Waals surface area contributed by atoms with E-state index in [-0.39, 0.29) is 16.6 Å². The third kappa shape index (κ3) is 8.07. The molecule has 0 aliphatic carbocycles. The molecule has 12 heteroatoms. The van der Waals surface area contributed by atoms with Gasteiger partial charge in [-0.25, -0.2) is 4.39 Å². The fourth-order valence-corrected chi connectivity index (χ4v) is 4.74. The van der Waals surface area contributed by atoms with Gasteiger partial charge < -0.3 is 15.2 Å². The Balaban J connectivity index is 0.000000296. The van der Waals surface area contributed by atoms with E-state index in [1.165, 1.54) is 42.0 Å². The molecule has 3 aromatic carbocycles. The number of likely N-dealkylation sites (N-methyl/N-ethyl adjacent to an activating group) is 1. The Hall–Kier alpha value is -4.39. The average molecular weight is 579 g/mol. The molecule has 0 aliphatic rings. The highest BCUT2D eigenvalue weighted by molar-refractivity contribution is 7.85. The number of halogens is 1. The minimum Gasteiger partial charge on any atom is -0.358 e. The number of rotatable bonds is 8. The number of carbonyl (C=O) groups excluding carboxylic acids is 1. The number of nitrogens with zero attached hydrogens (tertiary/aromatic N) is 3. The van der Waals surface area contributed by atoms with E-state index in [9.17, 15) is 17.6 Å². The Bertz CT molecular complexity index is 1720. The summed E-state index contributed by atoms with van der Waals surface area (Å²) in [5, 5.41) is 14.5. The maximum absolute atomic E-state index is 13.1. The van der Waals surface area contributed by atoms with E-state index in [4.69, 9.17) is 4.55 Å². The zero-order valence-corrected chi connectivity index (χ0v) is 23.7. The van der Waals surface area contributed by atoms with Crippen LogP contribution in [0.25, 0.3) is 10.9 Å². The minimum atomic E-state index is -4.02. The predicted octanol–water partition coefficient (Wildman–Crippen LogP) is 4.90. The van der Waals surface area contributed by atoms with E-state index < -0.39 is 10.1 Å². The van der Waals surface area contributed by atoms with Crippen LogP contribution in [-0.2, 0) is 23.1 Å². The van der Waals surface area contributed by atoms with Gasteiger partial charge >= 0.3 is 0 Å². The normalized spacial score (nSPS) is 11.4. The molecule has 0 unspecified atom stereocenters. The van der Waals surface area contributed by atoms with Crippen molar-refractivity contribution >= 4 is 32.6 Å². The molecule has 5 aromatic rings. The van der Waals surface area contributed by atoms with Crippen molar-refractivity contribution < 1.29 is 22.2 Å².